The van der Waals surface area contributed by atoms with Crippen LogP contribution in [0.2, 0.25) is 0 Å². The maximum Gasteiger partial charge on any atom is 0.312 e. The number of ether oxygens (including phenoxy) is 4. The average molecular weight is 597 g/mol. The first-order valence-corrected chi connectivity index (χ1v) is 14.9. The topological polar surface area (TPSA) is 112 Å². The fourth-order valence-corrected chi connectivity index (χ4v) is 5.29. The Morgan fingerprint density at radius 2 is 1.00 bits per heavy atom. The van der Waals surface area contributed by atoms with Gasteiger partial charge in [0.15, 0.2) is 0 Å². The highest BCUT2D eigenvalue weighted by molar-refractivity contribution is 5.78. The van der Waals surface area contributed by atoms with Gasteiger partial charge in [-0.15, -0.1) is 0 Å². The van der Waals surface area contributed by atoms with Crippen LogP contribution >= 0.6 is 0 Å². The van der Waals surface area contributed by atoms with Gasteiger partial charge in [-0.1, -0.05) is 50.2 Å². The van der Waals surface area contributed by atoms with E-state index in [9.17, 15) is 19.8 Å². The molecule has 0 bridgehead atoms. The minimum Gasteiger partial charge on any atom is -0.508 e. The number of phenolic OH excluding ortho intramolecular Hbond substituents is 2. The summed E-state index contributed by atoms with van der Waals surface area (Å²) in [6.07, 6.45) is 2.44. The van der Waals surface area contributed by atoms with E-state index < -0.39 is 0 Å². The Morgan fingerprint density at radius 1 is 0.614 bits per heavy atom. The zero-order chi connectivity index (χ0) is 31.1. The molecule has 2 aliphatic heterocycles. The lowest BCUT2D eigenvalue weighted by atomic mass is 9.86. The van der Waals surface area contributed by atoms with Crippen molar-refractivity contribution in [2.75, 3.05) is 13.2 Å². The van der Waals surface area contributed by atoms with Crippen molar-refractivity contribution in [1.82, 2.24) is 0 Å². The minimum atomic E-state index is -0.252. The number of phenols is 2. The Labute approximate surface area is 256 Å². The number of fused-ring (bicyclic) bond motifs is 2. The SMILES string of the molecule is CCCOc1ccc2c(c1)OC(=O)C[C@@H]2c1ccc(O)cc1.CCCOc1ccc2c(c1)OC(=O)C[C@H]2c1ccc(O)cc1. The molecule has 8 nitrogen and oxygen atoms in total. The van der Waals surface area contributed by atoms with Gasteiger partial charge >= 0.3 is 11.9 Å². The molecule has 0 saturated carbocycles. The number of aromatic hydroxyl groups is 2. The van der Waals surface area contributed by atoms with E-state index in [4.69, 9.17) is 18.9 Å². The molecule has 6 rings (SSSR count). The van der Waals surface area contributed by atoms with Gasteiger partial charge < -0.3 is 29.2 Å². The molecule has 2 heterocycles. The molecule has 0 saturated heterocycles. The third kappa shape index (κ3) is 7.32. The molecule has 0 aromatic heterocycles. The summed E-state index contributed by atoms with van der Waals surface area (Å²) < 4.78 is 21.9. The molecule has 0 radical (unpaired) electrons. The van der Waals surface area contributed by atoms with E-state index in [1.54, 1.807) is 36.4 Å². The summed E-state index contributed by atoms with van der Waals surface area (Å²) in [6.45, 7) is 5.35. The van der Waals surface area contributed by atoms with E-state index in [2.05, 4.69) is 0 Å². The molecule has 0 spiro atoms. The number of rotatable bonds is 8. The van der Waals surface area contributed by atoms with Gasteiger partial charge in [0.1, 0.15) is 34.5 Å². The predicted octanol–water partition coefficient (Wildman–Crippen LogP) is 7.24. The molecule has 0 amide bonds. The number of carbonyl (C=O) groups is 2. The van der Waals surface area contributed by atoms with Crippen molar-refractivity contribution in [2.24, 2.45) is 0 Å². The second-order valence-electron chi connectivity index (χ2n) is 10.7. The van der Waals surface area contributed by atoms with Gasteiger partial charge in [0.2, 0.25) is 0 Å². The third-order valence-electron chi connectivity index (χ3n) is 7.45. The second kappa shape index (κ2) is 14.0. The van der Waals surface area contributed by atoms with Crippen molar-refractivity contribution < 1.29 is 38.7 Å². The fraction of sp³-hybridized carbons (Fsp3) is 0.278. The Morgan fingerprint density at radius 3 is 1.36 bits per heavy atom. The van der Waals surface area contributed by atoms with Gasteiger partial charge in [0.25, 0.3) is 0 Å². The molecule has 4 aromatic rings. The smallest absolute Gasteiger partial charge is 0.312 e. The van der Waals surface area contributed by atoms with Crippen LogP contribution in [-0.2, 0) is 9.59 Å². The van der Waals surface area contributed by atoms with E-state index >= 15 is 0 Å². The molecule has 228 valence electrons. The Hall–Kier alpha value is -4.98. The van der Waals surface area contributed by atoms with Crippen LogP contribution in [0, 0.1) is 0 Å². The third-order valence-corrected chi connectivity index (χ3v) is 7.45. The zero-order valence-electron chi connectivity index (χ0n) is 24.8. The van der Waals surface area contributed by atoms with E-state index in [0.717, 1.165) is 35.1 Å². The summed E-state index contributed by atoms with van der Waals surface area (Å²) >= 11 is 0. The monoisotopic (exact) mass is 596 g/mol. The zero-order valence-corrected chi connectivity index (χ0v) is 24.8. The summed E-state index contributed by atoms with van der Waals surface area (Å²) in [6, 6.07) is 25.1. The van der Waals surface area contributed by atoms with Crippen LogP contribution in [0.1, 0.15) is 73.6 Å². The summed E-state index contributed by atoms with van der Waals surface area (Å²) in [5.41, 5.74) is 3.90. The normalized spacial score (nSPS) is 16.8. The highest BCUT2D eigenvalue weighted by Gasteiger charge is 2.30. The number of esters is 2. The molecular formula is C36H36O8. The lowest BCUT2D eigenvalue weighted by molar-refractivity contribution is -0.136. The Balaban J connectivity index is 0.000000175. The number of carbonyl (C=O) groups excluding carboxylic acids is 2. The molecule has 0 fully saturated rings. The van der Waals surface area contributed by atoms with E-state index in [0.29, 0.717) is 49.1 Å². The van der Waals surface area contributed by atoms with Gasteiger partial charge in [0, 0.05) is 35.1 Å². The molecule has 0 unspecified atom stereocenters. The standard InChI is InChI=1S/2C18H18O4/c2*1-2-9-21-14-7-8-15-16(11-18(20)22-17(15)10-14)12-3-5-13(19)6-4-12/h2*3-8,10,16,19H,2,9,11H2,1H3/t2*16-/m10/s1. The highest BCUT2D eigenvalue weighted by Crippen LogP contribution is 2.42. The van der Waals surface area contributed by atoms with Gasteiger partial charge in [-0.3, -0.25) is 9.59 Å². The second-order valence-corrected chi connectivity index (χ2v) is 10.7. The molecule has 8 heteroatoms. The lowest BCUT2D eigenvalue weighted by Gasteiger charge is -2.25. The summed E-state index contributed by atoms with van der Waals surface area (Å²) in [5.74, 6) is 2.34. The van der Waals surface area contributed by atoms with E-state index in [1.807, 2.05) is 62.4 Å². The van der Waals surface area contributed by atoms with Gasteiger partial charge in [0.05, 0.1) is 26.1 Å². The Kier molecular flexibility index (Phi) is 9.69. The molecule has 2 aliphatic rings. The van der Waals surface area contributed by atoms with Gasteiger partial charge in [-0.05, 0) is 60.4 Å². The van der Waals surface area contributed by atoms with Crippen LogP contribution in [0.4, 0.5) is 0 Å². The van der Waals surface area contributed by atoms with Crippen LogP contribution in [0.25, 0.3) is 0 Å². The van der Waals surface area contributed by atoms with Crippen LogP contribution in [-0.4, -0.2) is 35.4 Å². The molecule has 4 aromatic carbocycles. The van der Waals surface area contributed by atoms with Crippen LogP contribution in [0.3, 0.4) is 0 Å². The Bertz CT molecular complexity index is 1470. The first-order chi connectivity index (χ1) is 21.3. The first kappa shape index (κ1) is 30.5. The van der Waals surface area contributed by atoms with E-state index in [-0.39, 0.29) is 35.3 Å². The molecular weight excluding hydrogens is 560 g/mol. The number of benzene rings is 4. The minimum absolute atomic E-state index is 0.0583. The number of hydrogen-bond acceptors (Lipinski definition) is 8. The highest BCUT2D eigenvalue weighted by atomic mass is 16.5. The molecule has 2 N–H and O–H groups in total. The maximum atomic E-state index is 11.9. The van der Waals surface area contributed by atoms with Crippen molar-refractivity contribution in [1.29, 1.82) is 0 Å². The summed E-state index contributed by atoms with van der Waals surface area (Å²) in [7, 11) is 0. The van der Waals surface area contributed by atoms with Crippen LogP contribution in [0.15, 0.2) is 84.9 Å². The average Bonchev–Trinajstić information content (AvgIpc) is 3.02. The van der Waals surface area contributed by atoms with Crippen molar-refractivity contribution in [2.45, 2.75) is 51.4 Å². The van der Waals surface area contributed by atoms with Crippen molar-refractivity contribution in [3.63, 3.8) is 0 Å². The summed E-state index contributed by atoms with van der Waals surface area (Å²) in [5, 5.41) is 18.8. The number of hydrogen-bond donors (Lipinski definition) is 2. The van der Waals surface area contributed by atoms with Gasteiger partial charge in [-0.25, -0.2) is 0 Å². The van der Waals surface area contributed by atoms with Gasteiger partial charge in [-0.2, -0.15) is 0 Å². The molecule has 44 heavy (non-hydrogen) atoms. The quantitative estimate of drug-likeness (QED) is 0.162. The predicted molar refractivity (Wildman–Crippen MR) is 165 cm³/mol. The first-order valence-electron chi connectivity index (χ1n) is 14.9. The van der Waals surface area contributed by atoms with Crippen molar-refractivity contribution >= 4 is 11.9 Å². The van der Waals surface area contributed by atoms with Crippen molar-refractivity contribution in [3.05, 3.63) is 107 Å². The molecule has 2 atom stereocenters. The molecule has 0 aliphatic carbocycles. The fourth-order valence-electron chi connectivity index (χ4n) is 5.29. The lowest BCUT2D eigenvalue weighted by Crippen LogP contribution is -2.21. The summed E-state index contributed by atoms with van der Waals surface area (Å²) in [4.78, 5) is 23.8. The van der Waals surface area contributed by atoms with Crippen LogP contribution < -0.4 is 18.9 Å². The van der Waals surface area contributed by atoms with Crippen molar-refractivity contribution in [3.8, 4) is 34.5 Å². The maximum absolute atomic E-state index is 11.9. The van der Waals surface area contributed by atoms with E-state index in [1.165, 1.54) is 0 Å². The van der Waals surface area contributed by atoms with Crippen LogP contribution in [0.5, 0.6) is 34.5 Å². The largest absolute Gasteiger partial charge is 0.508 e.